The molecule has 0 spiro atoms. The minimum Gasteiger partial charge on any atom is -0.336 e. The predicted molar refractivity (Wildman–Crippen MR) is 117 cm³/mol. The average molecular weight is 453 g/mol. The first kappa shape index (κ1) is 22.8. The second kappa shape index (κ2) is 8.69. The Balaban J connectivity index is 1.75. The highest BCUT2D eigenvalue weighted by atomic mass is 35.5. The zero-order chi connectivity index (χ0) is 22.2. The molecule has 0 radical (unpaired) electrons. The van der Waals surface area contributed by atoms with E-state index >= 15 is 0 Å². The number of rotatable bonds is 5. The third-order valence-corrected chi connectivity index (χ3v) is 7.73. The van der Waals surface area contributed by atoms with E-state index in [0.29, 0.717) is 46.9 Å². The monoisotopic (exact) mass is 452 g/mol. The summed E-state index contributed by atoms with van der Waals surface area (Å²) < 4.78 is 29.3. The number of hydrogen-bond acceptors (Lipinski definition) is 4. The topological polar surface area (TPSA) is 75.5 Å². The second-order valence-corrected chi connectivity index (χ2v) is 10.6. The Hall–Kier alpha value is -1.90. The lowest BCUT2D eigenvalue weighted by molar-refractivity contribution is 0.0697. The molecule has 1 aliphatic heterocycles. The molecule has 7 nitrogen and oxygen atoms in total. The van der Waals surface area contributed by atoms with E-state index in [1.807, 2.05) is 19.1 Å². The number of carbonyl (C=O) groups is 1. The number of sulfonamides is 1. The van der Waals surface area contributed by atoms with Crippen LogP contribution in [0.15, 0.2) is 23.1 Å². The van der Waals surface area contributed by atoms with Crippen LogP contribution in [0, 0.1) is 26.7 Å². The van der Waals surface area contributed by atoms with Gasteiger partial charge in [0.1, 0.15) is 5.15 Å². The van der Waals surface area contributed by atoms with Crippen molar-refractivity contribution in [2.45, 2.75) is 46.1 Å². The maximum atomic E-state index is 13.1. The van der Waals surface area contributed by atoms with Crippen molar-refractivity contribution in [2.24, 2.45) is 5.92 Å². The first-order chi connectivity index (χ1) is 14.0. The van der Waals surface area contributed by atoms with Crippen LogP contribution in [0.3, 0.4) is 0 Å². The molecular weight excluding hydrogens is 424 g/mol. The Labute approximate surface area is 183 Å². The van der Waals surface area contributed by atoms with E-state index in [2.05, 4.69) is 18.9 Å². The van der Waals surface area contributed by atoms with Gasteiger partial charge in [0.05, 0.1) is 16.2 Å². The molecule has 0 N–H and O–H groups in total. The summed E-state index contributed by atoms with van der Waals surface area (Å²) in [4.78, 5) is 15.1. The Morgan fingerprint density at radius 1 is 1.13 bits per heavy atom. The van der Waals surface area contributed by atoms with Gasteiger partial charge in [0.2, 0.25) is 10.0 Å². The van der Waals surface area contributed by atoms with Crippen LogP contribution in [-0.4, -0.2) is 59.5 Å². The second-order valence-electron chi connectivity index (χ2n) is 8.29. The SMILES string of the molecule is Cc1ccc(C)c(S(=O)(=O)N2CCN(C(=O)c3c(C)nn(CC(C)C)c3Cl)CC2)c1. The maximum absolute atomic E-state index is 13.1. The first-order valence-corrected chi connectivity index (χ1v) is 11.9. The smallest absolute Gasteiger partial charge is 0.258 e. The van der Waals surface area contributed by atoms with Crippen molar-refractivity contribution in [1.29, 1.82) is 0 Å². The van der Waals surface area contributed by atoms with Crippen LogP contribution in [0.4, 0.5) is 0 Å². The van der Waals surface area contributed by atoms with E-state index in [1.165, 1.54) is 4.31 Å². The molecule has 9 heteroatoms. The number of halogens is 1. The third-order valence-electron chi connectivity index (χ3n) is 5.30. The Morgan fingerprint density at radius 2 is 1.77 bits per heavy atom. The minimum absolute atomic E-state index is 0.198. The van der Waals surface area contributed by atoms with Crippen molar-refractivity contribution in [3.05, 3.63) is 45.7 Å². The van der Waals surface area contributed by atoms with E-state index in [1.54, 1.807) is 29.5 Å². The molecule has 2 aromatic rings. The summed E-state index contributed by atoms with van der Waals surface area (Å²) >= 11 is 6.45. The summed E-state index contributed by atoms with van der Waals surface area (Å²) in [6, 6.07) is 5.42. The van der Waals surface area contributed by atoms with Crippen LogP contribution >= 0.6 is 11.6 Å². The van der Waals surface area contributed by atoms with Crippen molar-refractivity contribution in [2.75, 3.05) is 26.2 Å². The van der Waals surface area contributed by atoms with Crippen molar-refractivity contribution in [1.82, 2.24) is 19.0 Å². The zero-order valence-corrected chi connectivity index (χ0v) is 19.7. The van der Waals surface area contributed by atoms with Gasteiger partial charge in [0.15, 0.2) is 0 Å². The van der Waals surface area contributed by atoms with Crippen LogP contribution in [0.1, 0.15) is 41.0 Å². The van der Waals surface area contributed by atoms with Gasteiger partial charge < -0.3 is 4.90 Å². The molecule has 0 atom stereocenters. The summed E-state index contributed by atoms with van der Waals surface area (Å²) in [5, 5.41) is 4.75. The lowest BCUT2D eigenvalue weighted by atomic mass is 10.2. The predicted octanol–water partition coefficient (Wildman–Crippen LogP) is 3.26. The molecule has 0 aliphatic carbocycles. The van der Waals surface area contributed by atoms with Gasteiger partial charge in [-0.05, 0) is 43.9 Å². The van der Waals surface area contributed by atoms with Gasteiger partial charge in [0.25, 0.3) is 5.91 Å². The van der Waals surface area contributed by atoms with Crippen LogP contribution in [0.25, 0.3) is 0 Å². The maximum Gasteiger partial charge on any atom is 0.258 e. The van der Waals surface area contributed by atoms with Gasteiger partial charge in [-0.1, -0.05) is 37.6 Å². The summed E-state index contributed by atoms with van der Waals surface area (Å²) in [5.41, 5.74) is 2.62. The molecule has 1 amide bonds. The molecule has 2 heterocycles. The zero-order valence-electron chi connectivity index (χ0n) is 18.1. The largest absolute Gasteiger partial charge is 0.336 e. The molecule has 0 unspecified atom stereocenters. The lowest BCUT2D eigenvalue weighted by Crippen LogP contribution is -2.50. The van der Waals surface area contributed by atoms with E-state index in [4.69, 9.17) is 11.6 Å². The van der Waals surface area contributed by atoms with Crippen LogP contribution in [-0.2, 0) is 16.6 Å². The summed E-state index contributed by atoms with van der Waals surface area (Å²) in [7, 11) is -3.60. The number of hydrogen-bond donors (Lipinski definition) is 0. The molecule has 3 rings (SSSR count). The van der Waals surface area contributed by atoms with Gasteiger partial charge >= 0.3 is 0 Å². The molecule has 30 heavy (non-hydrogen) atoms. The summed E-state index contributed by atoms with van der Waals surface area (Å²) in [6.07, 6.45) is 0. The molecule has 1 saturated heterocycles. The van der Waals surface area contributed by atoms with Crippen molar-refractivity contribution in [3.63, 3.8) is 0 Å². The normalized spacial score (nSPS) is 15.8. The minimum atomic E-state index is -3.60. The van der Waals surface area contributed by atoms with Gasteiger partial charge in [-0.25, -0.2) is 8.42 Å². The number of nitrogens with zero attached hydrogens (tertiary/aromatic N) is 4. The van der Waals surface area contributed by atoms with E-state index in [9.17, 15) is 13.2 Å². The molecule has 164 valence electrons. The lowest BCUT2D eigenvalue weighted by Gasteiger charge is -2.34. The molecule has 0 saturated carbocycles. The highest BCUT2D eigenvalue weighted by Gasteiger charge is 2.33. The molecule has 1 fully saturated rings. The fourth-order valence-corrected chi connectivity index (χ4v) is 5.73. The fraction of sp³-hybridized carbons (Fsp3) is 0.524. The summed E-state index contributed by atoms with van der Waals surface area (Å²) in [5.74, 6) is 0.153. The van der Waals surface area contributed by atoms with Crippen molar-refractivity contribution in [3.8, 4) is 0 Å². The molecule has 1 aliphatic rings. The number of piperazine rings is 1. The standard InChI is InChI=1S/C21H29ClN4O3S/c1-14(2)13-26-20(22)19(17(5)23-26)21(27)24-8-10-25(11-9-24)30(28,29)18-12-15(3)6-7-16(18)4/h6-7,12,14H,8-11,13H2,1-5H3. The van der Waals surface area contributed by atoms with Gasteiger partial charge in [-0.2, -0.15) is 9.40 Å². The molecular formula is C21H29ClN4O3S. The van der Waals surface area contributed by atoms with Gasteiger partial charge in [0, 0.05) is 32.7 Å². The number of benzene rings is 1. The molecule has 0 bridgehead atoms. The summed E-state index contributed by atoms with van der Waals surface area (Å²) in [6.45, 7) is 11.3. The van der Waals surface area contributed by atoms with E-state index in [0.717, 1.165) is 11.1 Å². The Kier molecular flexibility index (Phi) is 6.60. The quantitative estimate of drug-likeness (QED) is 0.697. The Bertz CT molecular complexity index is 1050. The molecule has 1 aromatic carbocycles. The average Bonchev–Trinajstić information content (AvgIpc) is 2.95. The highest BCUT2D eigenvalue weighted by molar-refractivity contribution is 7.89. The fourth-order valence-electron chi connectivity index (χ4n) is 3.68. The van der Waals surface area contributed by atoms with E-state index in [-0.39, 0.29) is 19.0 Å². The Morgan fingerprint density at radius 3 is 2.37 bits per heavy atom. The number of carbonyl (C=O) groups excluding carboxylic acids is 1. The van der Waals surface area contributed by atoms with Crippen LogP contribution < -0.4 is 0 Å². The van der Waals surface area contributed by atoms with Gasteiger partial charge in [-0.3, -0.25) is 9.48 Å². The number of amides is 1. The number of aryl methyl sites for hydroxylation is 3. The first-order valence-electron chi connectivity index (χ1n) is 10.1. The molecule has 1 aromatic heterocycles. The van der Waals surface area contributed by atoms with Crippen molar-refractivity contribution < 1.29 is 13.2 Å². The van der Waals surface area contributed by atoms with Gasteiger partial charge in [-0.15, -0.1) is 0 Å². The van der Waals surface area contributed by atoms with Crippen LogP contribution in [0.2, 0.25) is 5.15 Å². The van der Waals surface area contributed by atoms with E-state index < -0.39 is 10.0 Å². The van der Waals surface area contributed by atoms with Crippen molar-refractivity contribution >= 4 is 27.5 Å². The highest BCUT2D eigenvalue weighted by Crippen LogP contribution is 2.25. The third kappa shape index (κ3) is 4.40. The number of aromatic nitrogens is 2. The van der Waals surface area contributed by atoms with Crippen LogP contribution in [0.5, 0.6) is 0 Å².